The number of hydrogen-bond donors (Lipinski definition) is 0. The summed E-state index contributed by atoms with van der Waals surface area (Å²) in [6, 6.07) is 3.24. The molecule has 0 saturated carbocycles. The molecule has 1 aliphatic heterocycles. The third-order valence-electron chi connectivity index (χ3n) is 5.12. The molecule has 0 radical (unpaired) electrons. The Morgan fingerprint density at radius 3 is 2.30 bits per heavy atom. The summed E-state index contributed by atoms with van der Waals surface area (Å²) < 4.78 is 11.9. The molecule has 9 heteroatoms. The lowest BCUT2D eigenvalue weighted by Crippen LogP contribution is -2.49. The van der Waals surface area contributed by atoms with E-state index in [9.17, 15) is 14.4 Å². The fraction of sp³-hybridized carbons (Fsp3) is 0.524. The number of ether oxygens (including phenoxy) is 2. The van der Waals surface area contributed by atoms with Crippen LogP contribution in [0.2, 0.25) is 0 Å². The Morgan fingerprint density at radius 1 is 1.03 bits per heavy atom. The highest BCUT2D eigenvalue weighted by molar-refractivity contribution is 6.08. The summed E-state index contributed by atoms with van der Waals surface area (Å²) in [4.78, 5) is 45.8. The quantitative estimate of drug-likeness (QED) is 0.690. The van der Waals surface area contributed by atoms with Crippen LogP contribution in [0.1, 0.15) is 36.8 Å². The van der Waals surface area contributed by atoms with Gasteiger partial charge in [-0.05, 0) is 33.8 Å². The first-order valence-corrected chi connectivity index (χ1v) is 10.3. The predicted molar refractivity (Wildman–Crippen MR) is 113 cm³/mol. The molecule has 1 amide bonds. The number of carbonyl (C=O) groups is 2. The zero-order valence-corrected chi connectivity index (χ0v) is 17.9. The number of aryl methyl sites for hydroxylation is 2. The molecule has 1 aliphatic rings. The summed E-state index contributed by atoms with van der Waals surface area (Å²) in [5, 5.41) is 0.602. The molecule has 162 valence electrons. The molecule has 2 aromatic rings. The van der Waals surface area contributed by atoms with Crippen molar-refractivity contribution in [2.45, 2.75) is 34.2 Å². The second-order valence-electron chi connectivity index (χ2n) is 7.02. The minimum absolute atomic E-state index is 0.180. The molecular formula is C21H28N4O5. The van der Waals surface area contributed by atoms with Gasteiger partial charge in [0.2, 0.25) is 0 Å². The van der Waals surface area contributed by atoms with Gasteiger partial charge in [0, 0.05) is 44.5 Å². The van der Waals surface area contributed by atoms with Crippen LogP contribution in [0.4, 0.5) is 10.5 Å². The van der Waals surface area contributed by atoms with Gasteiger partial charge in [-0.1, -0.05) is 0 Å². The van der Waals surface area contributed by atoms with Crippen LogP contribution in [-0.4, -0.2) is 65.9 Å². The number of nitrogens with zero attached hydrogens (tertiary/aromatic N) is 4. The Balaban J connectivity index is 2.10. The Morgan fingerprint density at radius 2 is 1.70 bits per heavy atom. The average molecular weight is 416 g/mol. The van der Waals surface area contributed by atoms with Gasteiger partial charge in [0.15, 0.2) is 0 Å². The predicted octanol–water partition coefficient (Wildman–Crippen LogP) is 2.18. The molecule has 1 fully saturated rings. The fourth-order valence-corrected chi connectivity index (χ4v) is 3.75. The number of aromatic nitrogens is 2. The van der Waals surface area contributed by atoms with E-state index in [0.717, 1.165) is 0 Å². The monoisotopic (exact) mass is 416 g/mol. The summed E-state index contributed by atoms with van der Waals surface area (Å²) in [6.45, 7) is 10.2. The highest BCUT2D eigenvalue weighted by Gasteiger charge is 2.27. The molecule has 0 spiro atoms. The minimum Gasteiger partial charge on any atom is -0.462 e. The molecular weight excluding hydrogens is 388 g/mol. The van der Waals surface area contributed by atoms with Gasteiger partial charge in [-0.25, -0.2) is 14.6 Å². The Labute approximate surface area is 175 Å². The van der Waals surface area contributed by atoms with Crippen LogP contribution in [0, 0.1) is 6.92 Å². The molecule has 3 heterocycles. The van der Waals surface area contributed by atoms with Gasteiger partial charge in [-0.15, -0.1) is 0 Å². The van der Waals surface area contributed by atoms with Crippen LogP contribution in [-0.2, 0) is 16.0 Å². The van der Waals surface area contributed by atoms with Crippen LogP contribution in [0.3, 0.4) is 0 Å². The van der Waals surface area contributed by atoms with Gasteiger partial charge >= 0.3 is 12.1 Å². The van der Waals surface area contributed by atoms with E-state index in [0.29, 0.717) is 67.3 Å². The zero-order valence-electron chi connectivity index (χ0n) is 17.9. The number of piperazine rings is 1. The maximum Gasteiger partial charge on any atom is 0.409 e. The number of pyridine rings is 2. The van der Waals surface area contributed by atoms with Crippen molar-refractivity contribution >= 4 is 28.8 Å². The number of carbonyl (C=O) groups excluding carboxylic acids is 2. The van der Waals surface area contributed by atoms with Crippen molar-refractivity contribution < 1.29 is 19.1 Å². The lowest BCUT2D eigenvalue weighted by molar-refractivity contribution is 0.0528. The molecule has 2 aromatic heterocycles. The molecule has 1 saturated heterocycles. The second-order valence-corrected chi connectivity index (χ2v) is 7.02. The highest BCUT2D eigenvalue weighted by atomic mass is 16.6. The minimum atomic E-state index is -0.444. The van der Waals surface area contributed by atoms with Crippen molar-refractivity contribution in [1.82, 2.24) is 14.5 Å². The van der Waals surface area contributed by atoms with E-state index >= 15 is 0 Å². The SMILES string of the molecule is CCOC(=O)c1cc(C)nc2c1c(N1CCN(C(=O)OCC)CC1)cc(=O)n2CC. The summed E-state index contributed by atoms with van der Waals surface area (Å²) in [5.74, 6) is -0.444. The molecule has 0 atom stereocenters. The van der Waals surface area contributed by atoms with E-state index in [1.165, 1.54) is 0 Å². The average Bonchev–Trinajstić information content (AvgIpc) is 2.73. The van der Waals surface area contributed by atoms with Gasteiger partial charge < -0.3 is 19.3 Å². The zero-order chi connectivity index (χ0) is 21.8. The lowest BCUT2D eigenvalue weighted by Gasteiger charge is -2.36. The van der Waals surface area contributed by atoms with E-state index in [-0.39, 0.29) is 18.3 Å². The van der Waals surface area contributed by atoms with Crippen LogP contribution in [0.15, 0.2) is 16.9 Å². The van der Waals surface area contributed by atoms with E-state index in [1.54, 1.807) is 42.4 Å². The van der Waals surface area contributed by atoms with Gasteiger partial charge in [-0.2, -0.15) is 0 Å². The van der Waals surface area contributed by atoms with Crippen molar-refractivity contribution in [1.29, 1.82) is 0 Å². The summed E-state index contributed by atoms with van der Waals surface area (Å²) >= 11 is 0. The largest absolute Gasteiger partial charge is 0.462 e. The first kappa shape index (κ1) is 21.6. The van der Waals surface area contributed by atoms with Crippen LogP contribution in [0.5, 0.6) is 0 Å². The van der Waals surface area contributed by atoms with E-state index < -0.39 is 5.97 Å². The number of fused-ring (bicyclic) bond motifs is 1. The van der Waals surface area contributed by atoms with E-state index in [4.69, 9.17) is 9.47 Å². The topological polar surface area (TPSA) is 94.0 Å². The van der Waals surface area contributed by atoms with Crippen LogP contribution < -0.4 is 10.5 Å². The van der Waals surface area contributed by atoms with Crippen molar-refractivity contribution in [2.75, 3.05) is 44.3 Å². The summed E-state index contributed by atoms with van der Waals surface area (Å²) in [5.41, 5.74) is 1.95. The number of rotatable bonds is 5. The molecule has 0 N–H and O–H groups in total. The van der Waals surface area contributed by atoms with Gasteiger partial charge in [0.1, 0.15) is 5.65 Å². The van der Waals surface area contributed by atoms with Crippen LogP contribution in [0.25, 0.3) is 11.0 Å². The molecule has 0 aromatic carbocycles. The Kier molecular flexibility index (Phi) is 6.59. The molecule has 30 heavy (non-hydrogen) atoms. The second kappa shape index (κ2) is 9.15. The van der Waals surface area contributed by atoms with E-state index in [1.807, 2.05) is 11.8 Å². The summed E-state index contributed by atoms with van der Waals surface area (Å²) in [7, 11) is 0. The van der Waals surface area contributed by atoms with Crippen molar-refractivity contribution in [3.8, 4) is 0 Å². The van der Waals surface area contributed by atoms with E-state index in [2.05, 4.69) is 4.98 Å². The van der Waals surface area contributed by atoms with Crippen molar-refractivity contribution in [3.63, 3.8) is 0 Å². The third-order valence-corrected chi connectivity index (χ3v) is 5.12. The Hall–Kier alpha value is -3.10. The highest BCUT2D eigenvalue weighted by Crippen LogP contribution is 2.30. The van der Waals surface area contributed by atoms with Gasteiger partial charge in [0.25, 0.3) is 5.56 Å². The maximum absolute atomic E-state index is 12.8. The molecule has 3 rings (SSSR count). The third kappa shape index (κ3) is 4.10. The number of hydrogen-bond acceptors (Lipinski definition) is 7. The van der Waals surface area contributed by atoms with Gasteiger partial charge in [0.05, 0.1) is 29.9 Å². The number of amides is 1. The smallest absolute Gasteiger partial charge is 0.409 e. The standard InChI is InChI=1S/C21H28N4O5/c1-5-25-17(26)13-16(23-8-10-24(11-9-23)21(28)30-7-3)18-15(20(27)29-6-2)12-14(4)22-19(18)25/h12-13H,5-11H2,1-4H3. The Bertz CT molecular complexity index is 1010. The normalized spacial score (nSPS) is 14.1. The number of anilines is 1. The van der Waals surface area contributed by atoms with Crippen LogP contribution >= 0.6 is 0 Å². The molecule has 0 unspecified atom stereocenters. The van der Waals surface area contributed by atoms with Crippen molar-refractivity contribution in [3.05, 3.63) is 33.7 Å². The molecule has 0 bridgehead atoms. The molecule has 9 nitrogen and oxygen atoms in total. The maximum atomic E-state index is 12.8. The molecule has 0 aliphatic carbocycles. The first-order chi connectivity index (χ1) is 14.4. The first-order valence-electron chi connectivity index (χ1n) is 10.3. The number of esters is 1. The van der Waals surface area contributed by atoms with Crippen molar-refractivity contribution in [2.24, 2.45) is 0 Å². The fourth-order valence-electron chi connectivity index (χ4n) is 3.75. The van der Waals surface area contributed by atoms with Gasteiger partial charge in [-0.3, -0.25) is 9.36 Å². The lowest BCUT2D eigenvalue weighted by atomic mass is 10.1. The summed E-state index contributed by atoms with van der Waals surface area (Å²) in [6.07, 6.45) is -0.340.